The van der Waals surface area contributed by atoms with E-state index < -0.39 is 11.9 Å². The molecule has 1 aromatic carbocycles. The van der Waals surface area contributed by atoms with E-state index in [2.05, 4.69) is 6.07 Å². The number of carbonyl (C=O) groups is 2. The Bertz CT molecular complexity index is 368. The fourth-order valence-corrected chi connectivity index (χ4v) is 1.05. The number of rotatable bonds is 2. The molecule has 1 rings (SSSR count). The van der Waals surface area contributed by atoms with Crippen LogP contribution in [0.15, 0.2) is 12.1 Å². The number of aryl methyl sites for hydroxylation is 1. The molecule has 0 saturated heterocycles. The molecular weight excluding hydrogens is 172 g/mol. The second kappa shape index (κ2) is 3.26. The molecule has 67 valence electrons. The fraction of sp³-hybridized carbons (Fsp3) is 0.111. The van der Waals surface area contributed by atoms with Gasteiger partial charge in [0, 0.05) is 0 Å². The van der Waals surface area contributed by atoms with Crippen molar-refractivity contribution < 1.29 is 19.8 Å². The maximum atomic E-state index is 10.7. The van der Waals surface area contributed by atoms with Crippen molar-refractivity contribution in [1.29, 1.82) is 0 Å². The zero-order valence-electron chi connectivity index (χ0n) is 6.87. The molecule has 0 aliphatic heterocycles. The molecule has 4 heteroatoms. The molecule has 13 heavy (non-hydrogen) atoms. The third-order valence-corrected chi connectivity index (χ3v) is 1.63. The third kappa shape index (κ3) is 1.66. The van der Waals surface area contributed by atoms with Crippen molar-refractivity contribution >= 4 is 11.9 Å². The molecule has 0 aliphatic carbocycles. The number of carboxylic acid groups (broad SMARTS) is 2. The zero-order valence-corrected chi connectivity index (χ0v) is 6.87. The lowest BCUT2D eigenvalue weighted by atomic mass is 10.0. The van der Waals surface area contributed by atoms with Crippen molar-refractivity contribution in [2.45, 2.75) is 6.92 Å². The van der Waals surface area contributed by atoms with Crippen LogP contribution in [0.2, 0.25) is 0 Å². The lowest BCUT2D eigenvalue weighted by Crippen LogP contribution is -2.09. The van der Waals surface area contributed by atoms with Gasteiger partial charge in [0.1, 0.15) is 0 Å². The van der Waals surface area contributed by atoms with Gasteiger partial charge in [-0.05, 0) is 18.6 Å². The van der Waals surface area contributed by atoms with Gasteiger partial charge in [0.15, 0.2) is 0 Å². The smallest absolute Gasteiger partial charge is 0.337 e. The minimum Gasteiger partial charge on any atom is -0.478 e. The topological polar surface area (TPSA) is 74.6 Å². The van der Waals surface area contributed by atoms with Gasteiger partial charge in [0.2, 0.25) is 0 Å². The normalized spacial score (nSPS) is 9.62. The van der Waals surface area contributed by atoms with E-state index >= 15 is 0 Å². The zero-order chi connectivity index (χ0) is 10.0. The standard InChI is InChI=1S/C9H7O4/c1-5-3-2-4-6(8(10)11)7(5)9(12)13/h2-3H,1H3,(H,10,11)(H,12,13). The highest BCUT2D eigenvalue weighted by Gasteiger charge is 2.17. The molecular formula is C9H7O4. The highest BCUT2D eigenvalue weighted by atomic mass is 16.4. The van der Waals surface area contributed by atoms with Gasteiger partial charge in [-0.3, -0.25) is 0 Å². The van der Waals surface area contributed by atoms with Gasteiger partial charge in [0.05, 0.1) is 11.1 Å². The first kappa shape index (κ1) is 9.25. The van der Waals surface area contributed by atoms with Crippen LogP contribution in [0.1, 0.15) is 26.3 Å². The van der Waals surface area contributed by atoms with Crippen LogP contribution in [0.4, 0.5) is 0 Å². The Labute approximate surface area is 74.4 Å². The Morgan fingerprint density at radius 2 is 1.92 bits per heavy atom. The van der Waals surface area contributed by atoms with E-state index in [0.29, 0.717) is 5.56 Å². The second-order valence-electron chi connectivity index (χ2n) is 2.52. The summed E-state index contributed by atoms with van der Waals surface area (Å²) < 4.78 is 0. The van der Waals surface area contributed by atoms with Crippen LogP contribution >= 0.6 is 0 Å². The summed E-state index contributed by atoms with van der Waals surface area (Å²) in [6.45, 7) is 1.55. The summed E-state index contributed by atoms with van der Waals surface area (Å²) >= 11 is 0. The van der Waals surface area contributed by atoms with E-state index in [1.165, 1.54) is 12.1 Å². The molecule has 0 unspecified atom stereocenters. The van der Waals surface area contributed by atoms with Gasteiger partial charge in [0.25, 0.3) is 0 Å². The molecule has 0 heterocycles. The highest BCUT2D eigenvalue weighted by molar-refractivity contribution is 6.02. The fourth-order valence-electron chi connectivity index (χ4n) is 1.05. The predicted octanol–water partition coefficient (Wildman–Crippen LogP) is 1.19. The maximum Gasteiger partial charge on any atom is 0.337 e. The second-order valence-corrected chi connectivity index (χ2v) is 2.52. The molecule has 4 nitrogen and oxygen atoms in total. The van der Waals surface area contributed by atoms with E-state index in [1.807, 2.05) is 0 Å². The molecule has 0 aromatic heterocycles. The average molecular weight is 179 g/mol. The molecule has 0 bridgehead atoms. The number of hydrogen-bond acceptors (Lipinski definition) is 2. The Morgan fingerprint density at radius 1 is 1.31 bits per heavy atom. The molecule has 0 fully saturated rings. The van der Waals surface area contributed by atoms with Crippen LogP contribution in [0.25, 0.3) is 0 Å². The van der Waals surface area contributed by atoms with Crippen LogP contribution in [0.3, 0.4) is 0 Å². The van der Waals surface area contributed by atoms with Gasteiger partial charge in [-0.15, -0.1) is 0 Å². The van der Waals surface area contributed by atoms with Crippen molar-refractivity contribution in [2.24, 2.45) is 0 Å². The third-order valence-electron chi connectivity index (χ3n) is 1.63. The van der Waals surface area contributed by atoms with E-state index in [0.717, 1.165) is 0 Å². The van der Waals surface area contributed by atoms with E-state index in [4.69, 9.17) is 10.2 Å². The average Bonchev–Trinajstić information content (AvgIpc) is 2.02. The summed E-state index contributed by atoms with van der Waals surface area (Å²) in [4.78, 5) is 21.2. The molecule has 1 aromatic rings. The van der Waals surface area contributed by atoms with Crippen LogP contribution in [0, 0.1) is 13.0 Å². The lowest BCUT2D eigenvalue weighted by molar-refractivity contribution is 0.0650. The summed E-state index contributed by atoms with van der Waals surface area (Å²) in [7, 11) is 0. The first-order valence-corrected chi connectivity index (χ1v) is 3.52. The Morgan fingerprint density at radius 3 is 2.31 bits per heavy atom. The van der Waals surface area contributed by atoms with Gasteiger partial charge in [-0.25, -0.2) is 9.59 Å². The summed E-state index contributed by atoms with van der Waals surface area (Å²) in [6.07, 6.45) is 0. The van der Waals surface area contributed by atoms with Crippen molar-refractivity contribution in [2.75, 3.05) is 0 Å². The minimum absolute atomic E-state index is 0.199. The summed E-state index contributed by atoms with van der Waals surface area (Å²) in [5, 5.41) is 17.4. The first-order valence-electron chi connectivity index (χ1n) is 3.52. The molecule has 2 N–H and O–H groups in total. The number of carboxylic acids is 2. The highest BCUT2D eigenvalue weighted by Crippen LogP contribution is 2.13. The predicted molar refractivity (Wildman–Crippen MR) is 43.9 cm³/mol. The van der Waals surface area contributed by atoms with Crippen LogP contribution in [-0.4, -0.2) is 22.2 Å². The van der Waals surface area contributed by atoms with Gasteiger partial charge in [-0.1, -0.05) is 12.1 Å². The van der Waals surface area contributed by atoms with Crippen molar-refractivity contribution in [3.8, 4) is 0 Å². The van der Waals surface area contributed by atoms with Crippen molar-refractivity contribution in [3.05, 3.63) is 34.9 Å². The van der Waals surface area contributed by atoms with Crippen LogP contribution in [0.5, 0.6) is 0 Å². The minimum atomic E-state index is -1.28. The van der Waals surface area contributed by atoms with E-state index in [1.54, 1.807) is 6.92 Å². The number of aromatic carboxylic acids is 2. The van der Waals surface area contributed by atoms with Gasteiger partial charge < -0.3 is 10.2 Å². The number of hydrogen-bond donors (Lipinski definition) is 2. The largest absolute Gasteiger partial charge is 0.478 e. The van der Waals surface area contributed by atoms with E-state index in [9.17, 15) is 9.59 Å². The summed E-state index contributed by atoms with van der Waals surface area (Å²) in [5.41, 5.74) is -0.0776. The Hall–Kier alpha value is -1.84. The Balaban J connectivity index is 3.43. The lowest BCUT2D eigenvalue weighted by Gasteiger charge is -2.03. The maximum absolute atomic E-state index is 10.7. The molecule has 0 spiro atoms. The molecule has 1 radical (unpaired) electrons. The molecule has 0 amide bonds. The van der Waals surface area contributed by atoms with Crippen molar-refractivity contribution in [1.82, 2.24) is 0 Å². The molecule has 0 aliphatic rings. The SMILES string of the molecule is Cc1cc[c]c(C(=O)O)c1C(=O)O. The molecule has 0 atom stereocenters. The number of benzene rings is 1. The van der Waals surface area contributed by atoms with E-state index in [-0.39, 0.29) is 11.1 Å². The molecule has 0 saturated carbocycles. The van der Waals surface area contributed by atoms with Crippen LogP contribution < -0.4 is 0 Å². The van der Waals surface area contributed by atoms with Gasteiger partial charge >= 0.3 is 11.9 Å². The first-order chi connectivity index (χ1) is 6.04. The summed E-state index contributed by atoms with van der Waals surface area (Å²) in [6, 6.07) is 5.28. The quantitative estimate of drug-likeness (QED) is 0.715. The van der Waals surface area contributed by atoms with Crippen LogP contribution in [-0.2, 0) is 0 Å². The monoisotopic (exact) mass is 179 g/mol. The Kier molecular flexibility index (Phi) is 2.32. The van der Waals surface area contributed by atoms with Crippen molar-refractivity contribution in [3.63, 3.8) is 0 Å². The van der Waals surface area contributed by atoms with Gasteiger partial charge in [-0.2, -0.15) is 0 Å². The summed E-state index contributed by atoms with van der Waals surface area (Å²) in [5.74, 6) is -2.52.